The van der Waals surface area contributed by atoms with Crippen LogP contribution in [-0.4, -0.2) is 34.4 Å². The van der Waals surface area contributed by atoms with Crippen LogP contribution in [0.15, 0.2) is 18.3 Å². The Labute approximate surface area is 150 Å². The van der Waals surface area contributed by atoms with Crippen LogP contribution in [0.4, 0.5) is 0 Å². The second kappa shape index (κ2) is 10.0. The average Bonchev–Trinajstić information content (AvgIpc) is 2.49. The molecular weight excluding hydrogens is 318 g/mol. The van der Waals surface area contributed by atoms with Crippen LogP contribution in [0.2, 0.25) is 0 Å². The maximum Gasteiger partial charge on any atom is 0.306 e. The van der Waals surface area contributed by atoms with Gasteiger partial charge in [0.2, 0.25) is 0 Å². The molecule has 5 nitrogen and oxygen atoms in total. The van der Waals surface area contributed by atoms with Gasteiger partial charge in [0, 0.05) is 6.42 Å². The van der Waals surface area contributed by atoms with Gasteiger partial charge in [0.15, 0.2) is 0 Å². The quantitative estimate of drug-likeness (QED) is 0.602. The number of hydrogen-bond acceptors (Lipinski definition) is 5. The molecule has 0 bridgehead atoms. The maximum atomic E-state index is 11.9. The summed E-state index contributed by atoms with van der Waals surface area (Å²) >= 11 is 0. The minimum absolute atomic E-state index is 0.0551. The molecule has 0 radical (unpaired) electrons. The van der Waals surface area contributed by atoms with E-state index in [1.165, 1.54) is 6.20 Å². The fourth-order valence-electron chi connectivity index (χ4n) is 2.30. The number of pyridine rings is 1. The van der Waals surface area contributed by atoms with Gasteiger partial charge in [-0.15, -0.1) is 0 Å². The fourth-order valence-corrected chi connectivity index (χ4v) is 2.30. The Morgan fingerprint density at radius 3 is 2.64 bits per heavy atom. The number of rotatable bonds is 7. The molecule has 2 unspecified atom stereocenters. The van der Waals surface area contributed by atoms with Gasteiger partial charge >= 0.3 is 5.97 Å². The van der Waals surface area contributed by atoms with E-state index in [-0.39, 0.29) is 23.7 Å². The summed E-state index contributed by atoms with van der Waals surface area (Å²) in [6.07, 6.45) is 3.45. The molecule has 0 aliphatic heterocycles. The molecule has 0 fully saturated rings. The lowest BCUT2D eigenvalue weighted by molar-refractivity contribution is -0.156. The molecule has 1 rings (SSSR count). The number of carbonyl (C=O) groups excluding carboxylic acids is 1. The Morgan fingerprint density at radius 1 is 1.36 bits per heavy atom. The first-order valence-electron chi connectivity index (χ1n) is 8.67. The topological polar surface area (TPSA) is 68.7 Å². The van der Waals surface area contributed by atoms with Gasteiger partial charge in [-0.3, -0.25) is 4.79 Å². The van der Waals surface area contributed by atoms with Crippen LogP contribution in [-0.2, 0) is 14.3 Å². The highest BCUT2D eigenvalue weighted by atomic mass is 16.6. The van der Waals surface area contributed by atoms with Gasteiger partial charge in [-0.1, -0.05) is 19.8 Å². The number of hydrogen-bond donors (Lipinski definition) is 1. The summed E-state index contributed by atoms with van der Waals surface area (Å²) in [5, 5.41) is 9.17. The van der Waals surface area contributed by atoms with E-state index in [1.54, 1.807) is 12.1 Å². The minimum Gasteiger partial charge on any atom is -0.506 e. The number of ether oxygens (including phenoxy) is 2. The second-order valence-corrected chi connectivity index (χ2v) is 7.18. The van der Waals surface area contributed by atoms with Crippen molar-refractivity contribution in [2.45, 2.75) is 65.6 Å². The van der Waals surface area contributed by atoms with Gasteiger partial charge in [-0.05, 0) is 57.6 Å². The second-order valence-electron chi connectivity index (χ2n) is 7.18. The van der Waals surface area contributed by atoms with E-state index in [9.17, 15) is 9.90 Å². The summed E-state index contributed by atoms with van der Waals surface area (Å²) in [5.74, 6) is 5.95. The third-order valence-corrected chi connectivity index (χ3v) is 3.41. The van der Waals surface area contributed by atoms with Crippen LogP contribution >= 0.6 is 0 Å². The molecule has 1 aromatic heterocycles. The Hall–Kier alpha value is -2.06. The van der Waals surface area contributed by atoms with Crippen molar-refractivity contribution in [2.24, 2.45) is 5.92 Å². The zero-order chi connectivity index (χ0) is 18.9. The first-order valence-corrected chi connectivity index (χ1v) is 8.67. The molecule has 1 aromatic rings. The average molecular weight is 347 g/mol. The van der Waals surface area contributed by atoms with Crippen molar-refractivity contribution in [3.05, 3.63) is 24.0 Å². The predicted molar refractivity (Wildman–Crippen MR) is 97.1 cm³/mol. The molecule has 0 aliphatic carbocycles. The molecular formula is C20H29NO4. The van der Waals surface area contributed by atoms with Crippen LogP contribution in [0.5, 0.6) is 5.75 Å². The van der Waals surface area contributed by atoms with Crippen molar-refractivity contribution >= 4 is 5.97 Å². The van der Waals surface area contributed by atoms with Crippen molar-refractivity contribution in [1.82, 2.24) is 4.98 Å². The summed E-state index contributed by atoms with van der Waals surface area (Å²) in [6.45, 7) is 10.0. The predicted octanol–water partition coefficient (Wildman–Crippen LogP) is 3.69. The van der Waals surface area contributed by atoms with E-state index < -0.39 is 5.60 Å². The summed E-state index contributed by atoms with van der Waals surface area (Å²) in [4.78, 5) is 15.9. The highest BCUT2D eigenvalue weighted by Gasteiger charge is 2.20. The summed E-state index contributed by atoms with van der Waals surface area (Å²) in [7, 11) is 0. The van der Waals surface area contributed by atoms with Gasteiger partial charge < -0.3 is 14.6 Å². The monoisotopic (exact) mass is 347 g/mol. The van der Waals surface area contributed by atoms with Gasteiger partial charge in [0.1, 0.15) is 23.7 Å². The molecule has 2 atom stereocenters. The summed E-state index contributed by atoms with van der Waals surface area (Å²) < 4.78 is 11.1. The van der Waals surface area contributed by atoms with Crippen LogP contribution < -0.4 is 0 Å². The summed E-state index contributed by atoms with van der Waals surface area (Å²) in [5.41, 5.74) is 0.141. The lowest BCUT2D eigenvalue weighted by atomic mass is 9.98. The zero-order valence-electron chi connectivity index (χ0n) is 15.8. The SMILES string of the molecule is CCC(CC(C)CC(=O)OC(C)(C)C)OCC#Cc1ccc(O)cn1. The highest BCUT2D eigenvalue weighted by molar-refractivity contribution is 5.70. The molecule has 1 heterocycles. The van der Waals surface area contributed by atoms with Crippen LogP contribution in [0.3, 0.4) is 0 Å². The van der Waals surface area contributed by atoms with E-state index in [0.717, 1.165) is 12.8 Å². The largest absolute Gasteiger partial charge is 0.506 e. The number of esters is 1. The Morgan fingerprint density at radius 2 is 2.08 bits per heavy atom. The molecule has 1 N–H and O–H groups in total. The first kappa shape index (κ1) is 21.0. The molecule has 0 saturated heterocycles. The Bertz CT molecular complexity index is 593. The van der Waals surface area contributed by atoms with E-state index in [4.69, 9.17) is 9.47 Å². The Balaban J connectivity index is 2.38. The van der Waals surface area contributed by atoms with Crippen molar-refractivity contribution in [3.63, 3.8) is 0 Å². The number of nitrogens with zero attached hydrogens (tertiary/aromatic N) is 1. The van der Waals surface area contributed by atoms with Crippen molar-refractivity contribution in [2.75, 3.05) is 6.61 Å². The molecule has 0 amide bonds. The van der Waals surface area contributed by atoms with E-state index in [1.807, 2.05) is 27.7 Å². The van der Waals surface area contributed by atoms with Crippen LogP contribution in [0.1, 0.15) is 59.6 Å². The first-order chi connectivity index (χ1) is 11.7. The molecule has 0 spiro atoms. The number of aromatic nitrogens is 1. The van der Waals surface area contributed by atoms with Crippen LogP contribution in [0, 0.1) is 17.8 Å². The lowest BCUT2D eigenvalue weighted by Gasteiger charge is -2.22. The molecule has 0 saturated carbocycles. The third kappa shape index (κ3) is 9.73. The van der Waals surface area contributed by atoms with E-state index >= 15 is 0 Å². The molecule has 5 heteroatoms. The Kier molecular flexibility index (Phi) is 8.44. The summed E-state index contributed by atoms with van der Waals surface area (Å²) in [6, 6.07) is 3.20. The fraction of sp³-hybridized carbons (Fsp3) is 0.600. The van der Waals surface area contributed by atoms with E-state index in [2.05, 4.69) is 23.7 Å². The van der Waals surface area contributed by atoms with Crippen molar-refractivity contribution in [1.29, 1.82) is 0 Å². The number of aromatic hydroxyl groups is 1. The van der Waals surface area contributed by atoms with Crippen LogP contribution in [0.25, 0.3) is 0 Å². The molecule has 0 aromatic carbocycles. The van der Waals surface area contributed by atoms with E-state index in [0.29, 0.717) is 18.7 Å². The van der Waals surface area contributed by atoms with Gasteiger partial charge in [0.25, 0.3) is 0 Å². The zero-order valence-corrected chi connectivity index (χ0v) is 15.8. The van der Waals surface area contributed by atoms with Crippen molar-refractivity contribution in [3.8, 4) is 17.6 Å². The van der Waals surface area contributed by atoms with Gasteiger partial charge in [-0.2, -0.15) is 0 Å². The third-order valence-electron chi connectivity index (χ3n) is 3.41. The maximum absolute atomic E-state index is 11.9. The standard InChI is InChI=1S/C20H29NO4/c1-6-18(12-15(2)13-19(23)25-20(3,4)5)24-11-7-8-16-9-10-17(22)14-21-16/h9-10,14-15,18,22H,6,11-13H2,1-5H3. The van der Waals surface area contributed by atoms with Crippen molar-refractivity contribution < 1.29 is 19.4 Å². The normalized spacial score (nSPS) is 13.5. The molecule has 0 aliphatic rings. The highest BCUT2D eigenvalue weighted by Crippen LogP contribution is 2.18. The minimum atomic E-state index is -0.449. The lowest BCUT2D eigenvalue weighted by Crippen LogP contribution is -2.26. The molecule has 25 heavy (non-hydrogen) atoms. The smallest absolute Gasteiger partial charge is 0.306 e. The number of carbonyl (C=O) groups is 1. The molecule has 138 valence electrons. The van der Waals surface area contributed by atoms with Gasteiger partial charge in [-0.25, -0.2) is 4.98 Å². The van der Waals surface area contributed by atoms with Gasteiger partial charge in [0.05, 0.1) is 12.3 Å².